The number of halogens is 1. The van der Waals surface area contributed by atoms with Crippen LogP contribution in [0.25, 0.3) is 16.9 Å². The lowest BCUT2D eigenvalue weighted by Gasteiger charge is -2.08. The van der Waals surface area contributed by atoms with Gasteiger partial charge in [-0.3, -0.25) is 4.79 Å². The second-order valence-electron chi connectivity index (χ2n) is 6.34. The molecule has 0 radical (unpaired) electrons. The van der Waals surface area contributed by atoms with E-state index in [2.05, 4.69) is 10.4 Å². The third kappa shape index (κ3) is 4.00. The highest BCUT2D eigenvalue weighted by atomic mass is 35.5. The van der Waals surface area contributed by atoms with Crippen molar-refractivity contribution in [1.82, 2.24) is 9.78 Å². The smallest absolute Gasteiger partial charge is 0.259 e. The van der Waals surface area contributed by atoms with Gasteiger partial charge in [0.1, 0.15) is 11.4 Å². The molecule has 1 aromatic heterocycles. The van der Waals surface area contributed by atoms with Crippen molar-refractivity contribution in [3.63, 3.8) is 0 Å². The average molecular weight is 404 g/mol. The maximum atomic E-state index is 13.1. The number of nitrogens with one attached hydrogen (secondary N) is 1. The molecule has 0 aliphatic rings. The first-order chi connectivity index (χ1) is 14.2. The summed E-state index contributed by atoms with van der Waals surface area (Å²) in [4.78, 5) is 13.1. The van der Waals surface area contributed by atoms with Gasteiger partial charge in [-0.05, 0) is 30.3 Å². The number of ether oxygens (including phenoxy) is 1. The second-order valence-corrected chi connectivity index (χ2v) is 6.75. The van der Waals surface area contributed by atoms with Gasteiger partial charge < -0.3 is 10.1 Å². The number of carbonyl (C=O) groups excluding carboxylic acids is 1. The van der Waals surface area contributed by atoms with Crippen LogP contribution in [-0.2, 0) is 0 Å². The molecule has 0 saturated heterocycles. The summed E-state index contributed by atoms with van der Waals surface area (Å²) in [6, 6.07) is 24.4. The molecule has 6 heteroatoms. The minimum absolute atomic E-state index is 0.271. The zero-order chi connectivity index (χ0) is 20.2. The Hall–Kier alpha value is -3.57. The quantitative estimate of drug-likeness (QED) is 0.481. The van der Waals surface area contributed by atoms with E-state index in [1.54, 1.807) is 36.2 Å². The number of methoxy groups -OCH3 is 1. The molecule has 0 aliphatic heterocycles. The Morgan fingerprint density at radius 1 is 1.00 bits per heavy atom. The van der Waals surface area contributed by atoms with Crippen LogP contribution in [0.2, 0.25) is 5.02 Å². The molecule has 0 atom stereocenters. The highest BCUT2D eigenvalue weighted by Gasteiger charge is 2.19. The van der Waals surface area contributed by atoms with E-state index >= 15 is 0 Å². The number of rotatable bonds is 5. The SMILES string of the molecule is COc1ccc(NC(=O)c2cn(-c3ccccc3)nc2-c2ccccc2)cc1Cl. The first kappa shape index (κ1) is 18.8. The lowest BCUT2D eigenvalue weighted by atomic mass is 10.1. The maximum Gasteiger partial charge on any atom is 0.259 e. The van der Waals surface area contributed by atoms with Crippen molar-refractivity contribution in [2.75, 3.05) is 12.4 Å². The molecular weight excluding hydrogens is 386 g/mol. The number of anilines is 1. The van der Waals surface area contributed by atoms with Gasteiger partial charge in [0.05, 0.1) is 23.4 Å². The van der Waals surface area contributed by atoms with Crippen LogP contribution in [0.15, 0.2) is 85.1 Å². The summed E-state index contributed by atoms with van der Waals surface area (Å²) in [6.07, 6.45) is 1.73. The third-order valence-corrected chi connectivity index (χ3v) is 4.73. The molecule has 3 aromatic carbocycles. The minimum atomic E-state index is -0.271. The summed E-state index contributed by atoms with van der Waals surface area (Å²) in [6.45, 7) is 0. The molecule has 144 valence electrons. The molecule has 0 spiro atoms. The van der Waals surface area contributed by atoms with Crippen molar-refractivity contribution >= 4 is 23.2 Å². The summed E-state index contributed by atoms with van der Waals surface area (Å²) in [7, 11) is 1.55. The van der Waals surface area contributed by atoms with Gasteiger partial charge in [0.25, 0.3) is 5.91 Å². The van der Waals surface area contributed by atoms with Crippen LogP contribution in [0.3, 0.4) is 0 Å². The van der Waals surface area contributed by atoms with E-state index < -0.39 is 0 Å². The van der Waals surface area contributed by atoms with Gasteiger partial charge in [-0.1, -0.05) is 60.1 Å². The van der Waals surface area contributed by atoms with E-state index in [1.807, 2.05) is 60.7 Å². The van der Waals surface area contributed by atoms with E-state index in [4.69, 9.17) is 16.3 Å². The zero-order valence-electron chi connectivity index (χ0n) is 15.7. The van der Waals surface area contributed by atoms with Crippen LogP contribution in [0, 0.1) is 0 Å². The van der Waals surface area contributed by atoms with Gasteiger partial charge in [0, 0.05) is 17.4 Å². The fourth-order valence-electron chi connectivity index (χ4n) is 3.00. The fourth-order valence-corrected chi connectivity index (χ4v) is 3.26. The van der Waals surface area contributed by atoms with Crippen LogP contribution >= 0.6 is 11.6 Å². The van der Waals surface area contributed by atoms with Gasteiger partial charge in [0.15, 0.2) is 0 Å². The highest BCUT2D eigenvalue weighted by molar-refractivity contribution is 6.32. The van der Waals surface area contributed by atoms with E-state index in [0.29, 0.717) is 27.7 Å². The third-order valence-electron chi connectivity index (χ3n) is 4.44. The summed E-state index contributed by atoms with van der Waals surface area (Å²) in [5, 5.41) is 7.99. The molecule has 0 bridgehead atoms. The molecule has 29 heavy (non-hydrogen) atoms. The highest BCUT2D eigenvalue weighted by Crippen LogP contribution is 2.29. The normalized spacial score (nSPS) is 10.6. The van der Waals surface area contributed by atoms with E-state index in [1.165, 1.54) is 0 Å². The summed E-state index contributed by atoms with van der Waals surface area (Å²) in [5.41, 5.74) is 3.38. The number of hydrogen-bond acceptors (Lipinski definition) is 3. The molecule has 0 aliphatic carbocycles. The fraction of sp³-hybridized carbons (Fsp3) is 0.0435. The van der Waals surface area contributed by atoms with Gasteiger partial charge >= 0.3 is 0 Å². The number of carbonyl (C=O) groups is 1. The van der Waals surface area contributed by atoms with Gasteiger partial charge in [0.2, 0.25) is 0 Å². The van der Waals surface area contributed by atoms with Crippen molar-refractivity contribution < 1.29 is 9.53 Å². The molecule has 5 nitrogen and oxygen atoms in total. The van der Waals surface area contributed by atoms with E-state index in [0.717, 1.165) is 11.3 Å². The first-order valence-corrected chi connectivity index (χ1v) is 9.39. The minimum Gasteiger partial charge on any atom is -0.495 e. The molecule has 1 heterocycles. The number of para-hydroxylation sites is 1. The van der Waals surface area contributed by atoms with Crippen molar-refractivity contribution in [3.05, 3.63) is 95.6 Å². The molecule has 4 rings (SSSR count). The Morgan fingerprint density at radius 2 is 1.69 bits per heavy atom. The monoisotopic (exact) mass is 403 g/mol. The number of hydrogen-bond donors (Lipinski definition) is 1. The maximum absolute atomic E-state index is 13.1. The predicted molar refractivity (Wildman–Crippen MR) is 115 cm³/mol. The summed E-state index contributed by atoms with van der Waals surface area (Å²) >= 11 is 6.18. The molecule has 1 amide bonds. The Labute approximate surface area is 173 Å². The Bertz CT molecular complexity index is 1140. The largest absolute Gasteiger partial charge is 0.495 e. The van der Waals surface area contributed by atoms with Crippen LogP contribution in [0.5, 0.6) is 5.75 Å². The van der Waals surface area contributed by atoms with Crippen LogP contribution in [0.4, 0.5) is 5.69 Å². The first-order valence-electron chi connectivity index (χ1n) is 9.01. The molecule has 0 fully saturated rings. The van der Waals surface area contributed by atoms with Crippen molar-refractivity contribution in [3.8, 4) is 22.7 Å². The van der Waals surface area contributed by atoms with E-state index in [9.17, 15) is 4.79 Å². The standard InChI is InChI=1S/C23H18ClN3O2/c1-29-21-13-12-17(14-20(21)24)25-23(28)19-15-27(18-10-6-3-7-11-18)26-22(19)16-8-4-2-5-9-16/h2-15H,1H3,(H,25,28). The summed E-state index contributed by atoms with van der Waals surface area (Å²) < 4.78 is 6.87. The van der Waals surface area contributed by atoms with Crippen molar-refractivity contribution in [2.24, 2.45) is 0 Å². The van der Waals surface area contributed by atoms with Gasteiger partial charge in [-0.15, -0.1) is 0 Å². The number of nitrogens with zero attached hydrogens (tertiary/aromatic N) is 2. The average Bonchev–Trinajstić information content (AvgIpc) is 3.21. The predicted octanol–water partition coefficient (Wildman–Crippen LogP) is 5.45. The number of benzene rings is 3. The molecule has 1 N–H and O–H groups in total. The lowest BCUT2D eigenvalue weighted by Crippen LogP contribution is -2.12. The Balaban J connectivity index is 1.72. The molecule has 4 aromatic rings. The van der Waals surface area contributed by atoms with Crippen LogP contribution < -0.4 is 10.1 Å². The van der Waals surface area contributed by atoms with E-state index in [-0.39, 0.29) is 5.91 Å². The second kappa shape index (κ2) is 8.20. The molecule has 0 unspecified atom stereocenters. The van der Waals surface area contributed by atoms with Crippen LogP contribution in [-0.4, -0.2) is 22.8 Å². The summed E-state index contributed by atoms with van der Waals surface area (Å²) in [5.74, 6) is 0.277. The topological polar surface area (TPSA) is 56.1 Å². The zero-order valence-corrected chi connectivity index (χ0v) is 16.4. The van der Waals surface area contributed by atoms with Crippen molar-refractivity contribution in [1.29, 1.82) is 0 Å². The lowest BCUT2D eigenvalue weighted by molar-refractivity contribution is 0.102. The van der Waals surface area contributed by atoms with Gasteiger partial charge in [-0.2, -0.15) is 5.10 Å². The van der Waals surface area contributed by atoms with Crippen molar-refractivity contribution in [2.45, 2.75) is 0 Å². The van der Waals surface area contributed by atoms with Crippen LogP contribution in [0.1, 0.15) is 10.4 Å². The Kier molecular flexibility index (Phi) is 5.31. The molecule has 0 saturated carbocycles. The Morgan fingerprint density at radius 3 is 2.34 bits per heavy atom. The number of amides is 1. The number of aromatic nitrogens is 2. The van der Waals surface area contributed by atoms with Gasteiger partial charge in [-0.25, -0.2) is 4.68 Å². The molecular formula is C23H18ClN3O2.